The summed E-state index contributed by atoms with van der Waals surface area (Å²) in [6, 6.07) is 10.1. The lowest BCUT2D eigenvalue weighted by Gasteiger charge is -2.23. The van der Waals surface area contributed by atoms with Crippen LogP contribution in [0.15, 0.2) is 36.4 Å². The number of hydrogen-bond acceptors (Lipinski definition) is 3. The monoisotopic (exact) mass is 391 g/mol. The van der Waals surface area contributed by atoms with Gasteiger partial charge in [-0.25, -0.2) is 8.78 Å². The van der Waals surface area contributed by atoms with Gasteiger partial charge in [0.2, 0.25) is 0 Å². The van der Waals surface area contributed by atoms with E-state index >= 15 is 0 Å². The standard InChI is InChI=1S/C22H27F2NO3/c1-15(2)14-28-18-6-4-5-17(11-18)12-25(10-9-21(26)27)13-19-20(23)8-7-16(3)22(19)24/h4-8,11,15H,9-10,12-14H2,1-3H3,(H,26,27). The fourth-order valence-corrected chi connectivity index (χ4v) is 2.81. The summed E-state index contributed by atoms with van der Waals surface area (Å²) in [6.07, 6.45) is -0.113. The number of ether oxygens (including phenoxy) is 1. The van der Waals surface area contributed by atoms with E-state index in [1.54, 1.807) is 11.8 Å². The molecule has 0 aliphatic heterocycles. The third-order valence-corrected chi connectivity index (χ3v) is 4.29. The van der Waals surface area contributed by atoms with E-state index in [2.05, 4.69) is 13.8 Å². The van der Waals surface area contributed by atoms with Crippen molar-refractivity contribution in [2.45, 2.75) is 40.3 Å². The third-order valence-electron chi connectivity index (χ3n) is 4.29. The Labute approximate surface area is 164 Å². The highest BCUT2D eigenvalue weighted by Crippen LogP contribution is 2.21. The van der Waals surface area contributed by atoms with E-state index in [1.807, 2.05) is 24.3 Å². The van der Waals surface area contributed by atoms with Crippen LogP contribution in [0.25, 0.3) is 0 Å². The minimum absolute atomic E-state index is 0.0102. The lowest BCUT2D eigenvalue weighted by Crippen LogP contribution is -2.27. The van der Waals surface area contributed by atoms with Gasteiger partial charge in [0.15, 0.2) is 0 Å². The Morgan fingerprint density at radius 3 is 2.61 bits per heavy atom. The maximum atomic E-state index is 14.4. The molecule has 0 unspecified atom stereocenters. The molecular weight excluding hydrogens is 364 g/mol. The van der Waals surface area contributed by atoms with Gasteiger partial charge < -0.3 is 9.84 Å². The summed E-state index contributed by atoms with van der Waals surface area (Å²) in [4.78, 5) is 12.7. The van der Waals surface area contributed by atoms with E-state index in [0.717, 1.165) is 11.3 Å². The van der Waals surface area contributed by atoms with Crippen LogP contribution in [-0.2, 0) is 17.9 Å². The van der Waals surface area contributed by atoms with E-state index in [1.165, 1.54) is 12.1 Å². The molecular formula is C22H27F2NO3. The van der Waals surface area contributed by atoms with Crippen molar-refractivity contribution in [3.8, 4) is 5.75 Å². The number of carbonyl (C=O) groups is 1. The third kappa shape index (κ3) is 6.60. The molecule has 0 radical (unpaired) electrons. The van der Waals surface area contributed by atoms with Crippen molar-refractivity contribution in [1.29, 1.82) is 0 Å². The number of benzene rings is 2. The molecule has 2 rings (SSSR count). The van der Waals surface area contributed by atoms with Crippen LogP contribution in [-0.4, -0.2) is 29.1 Å². The Morgan fingerprint density at radius 1 is 1.18 bits per heavy atom. The summed E-state index contributed by atoms with van der Waals surface area (Å²) in [7, 11) is 0. The predicted molar refractivity (Wildman–Crippen MR) is 104 cm³/mol. The molecule has 0 saturated carbocycles. The lowest BCUT2D eigenvalue weighted by atomic mass is 10.1. The molecule has 0 saturated heterocycles. The van der Waals surface area contributed by atoms with E-state index in [4.69, 9.17) is 9.84 Å². The normalized spacial score (nSPS) is 11.2. The molecule has 2 aromatic rings. The lowest BCUT2D eigenvalue weighted by molar-refractivity contribution is -0.137. The molecule has 0 aromatic heterocycles. The highest BCUT2D eigenvalue weighted by Gasteiger charge is 2.17. The smallest absolute Gasteiger partial charge is 0.304 e. The first kappa shape index (κ1) is 21.8. The molecule has 152 valence electrons. The fraction of sp³-hybridized carbons (Fsp3) is 0.409. The zero-order valence-corrected chi connectivity index (χ0v) is 16.5. The summed E-state index contributed by atoms with van der Waals surface area (Å²) in [6.45, 7) is 6.81. The first-order valence-electron chi connectivity index (χ1n) is 9.35. The summed E-state index contributed by atoms with van der Waals surface area (Å²) in [5, 5.41) is 9.02. The average molecular weight is 391 g/mol. The molecule has 0 bridgehead atoms. The van der Waals surface area contributed by atoms with Crippen LogP contribution in [0.3, 0.4) is 0 Å². The Balaban J connectivity index is 2.19. The SMILES string of the molecule is Cc1ccc(F)c(CN(CCC(=O)O)Cc2cccc(OCC(C)C)c2)c1F. The maximum Gasteiger partial charge on any atom is 0.304 e. The van der Waals surface area contributed by atoms with Gasteiger partial charge in [-0.3, -0.25) is 9.69 Å². The maximum absolute atomic E-state index is 14.4. The van der Waals surface area contributed by atoms with Crippen LogP contribution in [0.1, 0.15) is 37.0 Å². The van der Waals surface area contributed by atoms with Crippen LogP contribution < -0.4 is 4.74 Å². The van der Waals surface area contributed by atoms with Crippen molar-refractivity contribution >= 4 is 5.97 Å². The van der Waals surface area contributed by atoms with Gasteiger partial charge in [-0.1, -0.05) is 32.0 Å². The second-order valence-electron chi connectivity index (χ2n) is 7.36. The summed E-state index contributed by atoms with van der Waals surface area (Å²) in [5.41, 5.74) is 1.20. The number of aliphatic carboxylic acids is 1. The second-order valence-corrected chi connectivity index (χ2v) is 7.36. The molecule has 6 heteroatoms. The zero-order chi connectivity index (χ0) is 20.7. The van der Waals surface area contributed by atoms with Gasteiger partial charge in [0, 0.05) is 25.2 Å². The van der Waals surface area contributed by atoms with E-state index in [0.29, 0.717) is 24.6 Å². The molecule has 0 spiro atoms. The summed E-state index contributed by atoms with van der Waals surface area (Å²) >= 11 is 0. The Morgan fingerprint density at radius 2 is 1.93 bits per heavy atom. The number of hydrogen-bond donors (Lipinski definition) is 1. The highest BCUT2D eigenvalue weighted by atomic mass is 19.1. The fourth-order valence-electron chi connectivity index (χ4n) is 2.81. The molecule has 0 amide bonds. The van der Waals surface area contributed by atoms with Gasteiger partial charge in [0.25, 0.3) is 0 Å². The predicted octanol–water partition coefficient (Wildman–Crippen LogP) is 4.78. The zero-order valence-electron chi connectivity index (χ0n) is 16.5. The minimum atomic E-state index is -0.954. The van der Waals surface area contributed by atoms with Gasteiger partial charge in [-0.2, -0.15) is 0 Å². The van der Waals surface area contributed by atoms with Crippen molar-refractivity contribution in [2.75, 3.05) is 13.2 Å². The van der Waals surface area contributed by atoms with Crippen molar-refractivity contribution in [2.24, 2.45) is 5.92 Å². The number of halogens is 2. The van der Waals surface area contributed by atoms with Crippen molar-refractivity contribution in [1.82, 2.24) is 4.90 Å². The quantitative estimate of drug-likeness (QED) is 0.633. The van der Waals surface area contributed by atoms with Gasteiger partial charge in [0.1, 0.15) is 17.4 Å². The second kappa shape index (κ2) is 10.2. The number of carboxylic acid groups (broad SMARTS) is 1. The average Bonchev–Trinajstić information content (AvgIpc) is 2.64. The van der Waals surface area contributed by atoms with Gasteiger partial charge >= 0.3 is 5.97 Å². The summed E-state index contributed by atoms with van der Waals surface area (Å²) in [5.74, 6) is -1.06. The van der Waals surface area contributed by atoms with Crippen molar-refractivity contribution < 1.29 is 23.4 Å². The number of nitrogens with zero attached hydrogens (tertiary/aromatic N) is 1. The largest absolute Gasteiger partial charge is 0.493 e. The van der Waals surface area contributed by atoms with Gasteiger partial charge in [-0.15, -0.1) is 0 Å². The topological polar surface area (TPSA) is 49.8 Å². The van der Waals surface area contributed by atoms with Crippen LogP contribution in [0.4, 0.5) is 8.78 Å². The Kier molecular flexibility index (Phi) is 7.93. The van der Waals surface area contributed by atoms with E-state index in [9.17, 15) is 13.6 Å². The minimum Gasteiger partial charge on any atom is -0.493 e. The van der Waals surface area contributed by atoms with E-state index in [-0.39, 0.29) is 25.1 Å². The Bertz CT molecular complexity index is 808. The number of carboxylic acids is 1. The van der Waals surface area contributed by atoms with Crippen molar-refractivity contribution in [3.05, 3.63) is 64.7 Å². The van der Waals surface area contributed by atoms with Crippen LogP contribution in [0.2, 0.25) is 0 Å². The molecule has 0 aliphatic carbocycles. The molecule has 0 aliphatic rings. The molecule has 28 heavy (non-hydrogen) atoms. The van der Waals surface area contributed by atoms with Crippen LogP contribution in [0, 0.1) is 24.5 Å². The molecule has 1 N–H and O–H groups in total. The van der Waals surface area contributed by atoms with Crippen LogP contribution in [0.5, 0.6) is 5.75 Å². The van der Waals surface area contributed by atoms with Gasteiger partial charge in [0.05, 0.1) is 13.0 Å². The first-order valence-corrected chi connectivity index (χ1v) is 9.35. The van der Waals surface area contributed by atoms with Crippen LogP contribution >= 0.6 is 0 Å². The molecule has 4 nitrogen and oxygen atoms in total. The summed E-state index contributed by atoms with van der Waals surface area (Å²) < 4.78 is 34.3. The first-order chi connectivity index (χ1) is 13.3. The molecule has 0 fully saturated rings. The van der Waals surface area contributed by atoms with Gasteiger partial charge in [-0.05, 0) is 42.2 Å². The highest BCUT2D eigenvalue weighted by molar-refractivity contribution is 5.66. The van der Waals surface area contributed by atoms with Crippen molar-refractivity contribution in [3.63, 3.8) is 0 Å². The Hall–Kier alpha value is -2.47. The molecule has 0 atom stereocenters. The molecule has 2 aromatic carbocycles. The number of aryl methyl sites for hydroxylation is 1. The number of rotatable bonds is 10. The molecule has 0 heterocycles. The van der Waals surface area contributed by atoms with E-state index < -0.39 is 17.6 Å².